The van der Waals surface area contributed by atoms with Crippen molar-refractivity contribution in [2.75, 3.05) is 25.3 Å². The summed E-state index contributed by atoms with van der Waals surface area (Å²) in [5.41, 5.74) is 10.9. The standard InChI is InChI=1S/C27H22N4O3S/c1-33-21-10-6-9-18(24(21)34-2)19-15-20(16-7-4-3-5-8-16)31-27-22(19)23(28)25(35-27)26(32)30-17-11-13-29-14-12-17/h3-15H,28H2,1-2H3,(H,29,30,32). The van der Waals surface area contributed by atoms with Crippen LogP contribution in [0.1, 0.15) is 9.67 Å². The number of rotatable bonds is 6. The van der Waals surface area contributed by atoms with Crippen LogP contribution in [0.2, 0.25) is 0 Å². The van der Waals surface area contributed by atoms with Crippen molar-refractivity contribution in [1.82, 2.24) is 9.97 Å². The average Bonchev–Trinajstić information content (AvgIpc) is 3.25. The summed E-state index contributed by atoms with van der Waals surface area (Å²) >= 11 is 1.26. The first-order chi connectivity index (χ1) is 17.1. The maximum Gasteiger partial charge on any atom is 0.267 e. The summed E-state index contributed by atoms with van der Waals surface area (Å²) in [6.45, 7) is 0. The Morgan fingerprint density at radius 3 is 2.43 bits per heavy atom. The number of hydrogen-bond donors (Lipinski definition) is 2. The molecule has 0 aliphatic rings. The SMILES string of the molecule is COc1cccc(-c2cc(-c3ccccc3)nc3sc(C(=O)Nc4ccncc4)c(N)c23)c1OC. The number of fused-ring (bicyclic) bond motifs is 1. The number of pyridine rings is 2. The first-order valence-corrected chi connectivity index (χ1v) is 11.6. The number of amides is 1. The van der Waals surface area contributed by atoms with Crippen LogP contribution in [0.15, 0.2) is 79.1 Å². The molecule has 0 aliphatic carbocycles. The molecule has 0 radical (unpaired) electrons. The van der Waals surface area contributed by atoms with Gasteiger partial charge in [-0.15, -0.1) is 11.3 Å². The molecule has 0 saturated carbocycles. The molecule has 0 unspecified atom stereocenters. The van der Waals surface area contributed by atoms with Crippen molar-refractivity contribution in [2.45, 2.75) is 0 Å². The van der Waals surface area contributed by atoms with Gasteiger partial charge in [-0.05, 0) is 24.3 Å². The molecule has 5 aromatic rings. The molecular weight excluding hydrogens is 460 g/mol. The lowest BCUT2D eigenvalue weighted by atomic mass is 9.98. The number of anilines is 2. The molecule has 0 saturated heterocycles. The van der Waals surface area contributed by atoms with Crippen molar-refractivity contribution in [3.8, 4) is 33.9 Å². The lowest BCUT2D eigenvalue weighted by Crippen LogP contribution is -2.11. The van der Waals surface area contributed by atoms with Crippen molar-refractivity contribution >= 4 is 38.8 Å². The number of ether oxygens (including phenoxy) is 2. The van der Waals surface area contributed by atoms with Gasteiger partial charge in [-0.3, -0.25) is 9.78 Å². The van der Waals surface area contributed by atoms with Crippen LogP contribution < -0.4 is 20.5 Å². The number of nitrogens with one attached hydrogen (secondary N) is 1. The number of aromatic nitrogens is 2. The number of nitrogens with zero attached hydrogens (tertiary/aromatic N) is 2. The summed E-state index contributed by atoms with van der Waals surface area (Å²) in [5, 5.41) is 3.58. The summed E-state index contributed by atoms with van der Waals surface area (Å²) in [5.74, 6) is 0.872. The summed E-state index contributed by atoms with van der Waals surface area (Å²) < 4.78 is 11.2. The van der Waals surface area contributed by atoms with Crippen molar-refractivity contribution in [2.24, 2.45) is 0 Å². The average molecular weight is 483 g/mol. The molecular formula is C27H22N4O3S. The minimum Gasteiger partial charge on any atom is -0.493 e. The van der Waals surface area contributed by atoms with Crippen LogP contribution in [0.5, 0.6) is 11.5 Å². The van der Waals surface area contributed by atoms with Crippen LogP contribution in [0.3, 0.4) is 0 Å². The molecule has 0 bridgehead atoms. The van der Waals surface area contributed by atoms with E-state index in [1.807, 2.05) is 54.6 Å². The van der Waals surface area contributed by atoms with Crippen molar-refractivity contribution in [3.05, 3.63) is 84.0 Å². The molecule has 0 fully saturated rings. The van der Waals surface area contributed by atoms with E-state index < -0.39 is 0 Å². The third kappa shape index (κ3) is 4.15. The minimum absolute atomic E-state index is 0.304. The van der Waals surface area contributed by atoms with Gasteiger partial charge in [-0.2, -0.15) is 0 Å². The normalized spacial score (nSPS) is 10.8. The minimum atomic E-state index is -0.304. The highest BCUT2D eigenvalue weighted by Crippen LogP contribution is 2.46. The van der Waals surface area contributed by atoms with Crippen LogP contribution in [-0.4, -0.2) is 30.1 Å². The molecule has 8 heteroatoms. The number of para-hydroxylation sites is 1. The lowest BCUT2D eigenvalue weighted by molar-refractivity contribution is 0.103. The van der Waals surface area contributed by atoms with Gasteiger partial charge in [0, 0.05) is 40.2 Å². The molecule has 3 heterocycles. The fraction of sp³-hybridized carbons (Fsp3) is 0.0741. The topological polar surface area (TPSA) is 99.4 Å². The van der Waals surface area contributed by atoms with E-state index in [4.69, 9.17) is 20.2 Å². The van der Waals surface area contributed by atoms with Gasteiger partial charge in [0.05, 0.1) is 25.6 Å². The molecule has 174 valence electrons. The summed E-state index contributed by atoms with van der Waals surface area (Å²) in [4.78, 5) is 23.1. The highest BCUT2D eigenvalue weighted by Gasteiger charge is 2.24. The van der Waals surface area contributed by atoms with E-state index in [1.54, 1.807) is 38.7 Å². The largest absolute Gasteiger partial charge is 0.493 e. The predicted molar refractivity (Wildman–Crippen MR) is 140 cm³/mol. The summed E-state index contributed by atoms with van der Waals surface area (Å²) in [7, 11) is 3.20. The number of carbonyl (C=O) groups is 1. The second-order valence-corrected chi connectivity index (χ2v) is 8.68. The molecule has 0 spiro atoms. The molecule has 2 aromatic carbocycles. The Balaban J connectivity index is 1.74. The molecule has 3 aromatic heterocycles. The zero-order valence-corrected chi connectivity index (χ0v) is 19.9. The van der Waals surface area contributed by atoms with Gasteiger partial charge in [0.1, 0.15) is 9.71 Å². The van der Waals surface area contributed by atoms with Gasteiger partial charge in [-0.1, -0.05) is 42.5 Å². The van der Waals surface area contributed by atoms with E-state index in [0.717, 1.165) is 22.4 Å². The number of thiophene rings is 1. The Kier molecular flexibility index (Phi) is 6.03. The van der Waals surface area contributed by atoms with E-state index in [0.29, 0.717) is 38.0 Å². The maximum absolute atomic E-state index is 13.2. The lowest BCUT2D eigenvalue weighted by Gasteiger charge is -2.15. The molecule has 0 atom stereocenters. The monoisotopic (exact) mass is 482 g/mol. The Hall–Kier alpha value is -4.43. The van der Waals surface area contributed by atoms with Crippen LogP contribution in [-0.2, 0) is 0 Å². The van der Waals surface area contributed by atoms with E-state index in [-0.39, 0.29) is 5.91 Å². The number of hydrogen-bond acceptors (Lipinski definition) is 7. The van der Waals surface area contributed by atoms with E-state index in [2.05, 4.69) is 10.3 Å². The van der Waals surface area contributed by atoms with Crippen molar-refractivity contribution in [3.63, 3.8) is 0 Å². The summed E-state index contributed by atoms with van der Waals surface area (Å²) in [6, 6.07) is 21.0. The molecule has 7 nitrogen and oxygen atoms in total. The Bertz CT molecular complexity index is 1520. The van der Waals surface area contributed by atoms with Crippen molar-refractivity contribution in [1.29, 1.82) is 0 Å². The van der Waals surface area contributed by atoms with Crippen molar-refractivity contribution < 1.29 is 14.3 Å². The number of carbonyl (C=O) groups excluding carboxylic acids is 1. The maximum atomic E-state index is 13.2. The number of methoxy groups -OCH3 is 2. The number of nitrogen functional groups attached to an aromatic ring is 1. The van der Waals surface area contributed by atoms with Crippen LogP contribution >= 0.6 is 11.3 Å². The number of benzene rings is 2. The fourth-order valence-corrected chi connectivity index (χ4v) is 5.00. The summed E-state index contributed by atoms with van der Waals surface area (Å²) in [6.07, 6.45) is 3.23. The third-order valence-corrected chi connectivity index (χ3v) is 6.70. The van der Waals surface area contributed by atoms with E-state index in [1.165, 1.54) is 11.3 Å². The van der Waals surface area contributed by atoms with Gasteiger partial charge in [0.2, 0.25) is 0 Å². The molecule has 5 rings (SSSR count). The van der Waals surface area contributed by atoms with Gasteiger partial charge in [0.15, 0.2) is 11.5 Å². The third-order valence-electron chi connectivity index (χ3n) is 5.61. The molecule has 0 aliphatic heterocycles. The predicted octanol–water partition coefficient (Wildman–Crippen LogP) is 5.88. The molecule has 3 N–H and O–H groups in total. The highest BCUT2D eigenvalue weighted by atomic mass is 32.1. The van der Waals surface area contributed by atoms with Gasteiger partial charge >= 0.3 is 0 Å². The van der Waals surface area contributed by atoms with Crippen LogP contribution in [0.4, 0.5) is 11.4 Å². The van der Waals surface area contributed by atoms with Gasteiger partial charge in [0.25, 0.3) is 5.91 Å². The number of nitrogens with two attached hydrogens (primary N) is 1. The second kappa shape index (κ2) is 9.44. The molecule has 1 amide bonds. The smallest absolute Gasteiger partial charge is 0.267 e. The second-order valence-electron chi connectivity index (χ2n) is 7.68. The Morgan fingerprint density at radius 1 is 0.943 bits per heavy atom. The zero-order valence-electron chi connectivity index (χ0n) is 19.1. The van der Waals surface area contributed by atoms with Crippen LogP contribution in [0.25, 0.3) is 32.6 Å². The first-order valence-electron chi connectivity index (χ1n) is 10.8. The van der Waals surface area contributed by atoms with E-state index >= 15 is 0 Å². The Morgan fingerprint density at radius 2 is 1.71 bits per heavy atom. The molecule has 35 heavy (non-hydrogen) atoms. The van der Waals surface area contributed by atoms with Gasteiger partial charge < -0.3 is 20.5 Å². The highest BCUT2D eigenvalue weighted by molar-refractivity contribution is 7.21. The van der Waals surface area contributed by atoms with Gasteiger partial charge in [-0.25, -0.2) is 4.98 Å². The quantitative estimate of drug-likeness (QED) is 0.314. The van der Waals surface area contributed by atoms with Crippen LogP contribution in [0, 0.1) is 0 Å². The zero-order chi connectivity index (χ0) is 24.4. The Labute approximate surface area is 206 Å². The first kappa shape index (κ1) is 22.4. The fourth-order valence-electron chi connectivity index (χ4n) is 3.98. The van der Waals surface area contributed by atoms with E-state index in [9.17, 15) is 4.79 Å².